The summed E-state index contributed by atoms with van der Waals surface area (Å²) in [5.41, 5.74) is 1.11. The second kappa shape index (κ2) is 7.00. The first-order valence-corrected chi connectivity index (χ1v) is 20.0. The van der Waals surface area contributed by atoms with Gasteiger partial charge in [-0.25, -0.2) is 0 Å². The minimum atomic E-state index is -5.23. The molecule has 0 saturated carbocycles. The molecule has 0 aromatic carbocycles. The third kappa shape index (κ3) is 3.08. The topological polar surface area (TPSA) is 0 Å². The molecule has 23 heavy (non-hydrogen) atoms. The fourth-order valence-electron chi connectivity index (χ4n) is 3.96. The summed E-state index contributed by atoms with van der Waals surface area (Å²) in [7, 11) is 0. The van der Waals surface area contributed by atoms with Gasteiger partial charge in [0, 0.05) is 0 Å². The molecule has 0 spiro atoms. The Kier molecular flexibility index (Phi) is 5.83. The van der Waals surface area contributed by atoms with Gasteiger partial charge in [0.05, 0.1) is 0 Å². The average molecular weight is 420 g/mol. The van der Waals surface area contributed by atoms with Crippen molar-refractivity contribution in [1.82, 2.24) is 0 Å². The maximum atomic E-state index is 14.7. The quantitative estimate of drug-likeness (QED) is 0.456. The molecule has 0 nitrogen and oxygen atoms in total. The van der Waals surface area contributed by atoms with Crippen molar-refractivity contribution in [2.75, 3.05) is 0 Å². The van der Waals surface area contributed by atoms with E-state index in [1.807, 2.05) is 31.2 Å². The van der Waals surface area contributed by atoms with Gasteiger partial charge in [0.1, 0.15) is 0 Å². The van der Waals surface area contributed by atoms with Crippen molar-refractivity contribution in [3.8, 4) is 0 Å². The van der Waals surface area contributed by atoms with Gasteiger partial charge in [0.2, 0.25) is 0 Å². The zero-order valence-electron chi connectivity index (χ0n) is 14.2. The third-order valence-corrected chi connectivity index (χ3v) is 31.7. The van der Waals surface area contributed by atoms with Crippen LogP contribution in [0.5, 0.6) is 0 Å². The monoisotopic (exact) mass is 418 g/mol. The van der Waals surface area contributed by atoms with E-state index in [0.717, 1.165) is 31.4 Å². The summed E-state index contributed by atoms with van der Waals surface area (Å²) >= 11 is -5.23. The van der Waals surface area contributed by atoms with Crippen LogP contribution in [0.4, 0.5) is 13.2 Å². The Morgan fingerprint density at radius 3 is 2.39 bits per heavy atom. The van der Waals surface area contributed by atoms with Crippen LogP contribution in [-0.2, 0) is 17.4 Å². The molecule has 0 aromatic heterocycles. The molecule has 0 unspecified atom stereocenters. The molecule has 0 amide bonds. The van der Waals surface area contributed by atoms with E-state index in [-0.39, 0.29) is 0 Å². The number of alkyl halides is 3. The van der Waals surface area contributed by atoms with Crippen LogP contribution in [0.3, 0.4) is 0 Å². The van der Waals surface area contributed by atoms with E-state index >= 15 is 0 Å². The Morgan fingerprint density at radius 1 is 1.13 bits per heavy atom. The van der Waals surface area contributed by atoms with E-state index in [2.05, 4.69) is 6.92 Å². The molecule has 0 aromatic rings. The molecule has 0 bridgehead atoms. The van der Waals surface area contributed by atoms with E-state index < -0.39 is 21.3 Å². The predicted molar refractivity (Wildman–Crippen MR) is 91.8 cm³/mol. The summed E-state index contributed by atoms with van der Waals surface area (Å²) in [6.07, 6.45) is 13.9. The molecule has 0 atom stereocenters. The molecular weight excluding hydrogens is 393 g/mol. The molecule has 5 heteroatoms. The molecule has 2 rings (SSSR count). The molecule has 0 radical (unpaired) electrons. The molecular formula is C18H27F3SiZr. The summed E-state index contributed by atoms with van der Waals surface area (Å²) in [5, 5.41) is 0. The Bertz CT molecular complexity index is 650. The first kappa shape index (κ1) is 19.2. The summed E-state index contributed by atoms with van der Waals surface area (Å²) in [4.78, 5) is 0. The Hall–Kier alpha value is -0.150. The number of rotatable bonds is 7. The van der Waals surface area contributed by atoms with Crippen molar-refractivity contribution >= 4 is 6.88 Å². The van der Waals surface area contributed by atoms with Crippen molar-refractivity contribution in [1.29, 1.82) is 0 Å². The maximum absolute atomic E-state index is 14.7. The summed E-state index contributed by atoms with van der Waals surface area (Å²) in [5.74, 6) is 0. The van der Waals surface area contributed by atoms with E-state index in [4.69, 9.17) is 0 Å². The number of hydrogen-bond donors (Lipinski definition) is 0. The molecule has 0 aliphatic heterocycles. The van der Waals surface area contributed by atoms with Crippen molar-refractivity contribution < 1.29 is 30.6 Å². The molecule has 0 saturated heterocycles. The fourth-order valence-corrected chi connectivity index (χ4v) is 21.8. The van der Waals surface area contributed by atoms with E-state index in [0.29, 0.717) is 23.4 Å². The Balaban J connectivity index is 2.60. The van der Waals surface area contributed by atoms with E-state index in [1.165, 1.54) is 6.88 Å². The van der Waals surface area contributed by atoms with E-state index in [1.54, 1.807) is 6.08 Å². The van der Waals surface area contributed by atoms with Crippen molar-refractivity contribution in [2.45, 2.75) is 60.4 Å². The molecule has 128 valence electrons. The standard InChI is InChI=1S/C8H11.C5H5.C4H9.CF3.H2Si.Zr/c1-2-5-8-6-3-4-7-8;1-2-4-5-3-1;1-3-4-2;2-1(3)4;;/h6-7H,2-3,5H2,1H3;1-3H,4H2;1,3-4H2,2H3;;1H2;. The first-order valence-electron chi connectivity index (χ1n) is 8.64. The normalized spacial score (nSPS) is 19.0. The molecule has 0 N–H and O–H groups in total. The molecule has 0 fully saturated rings. The summed E-state index contributed by atoms with van der Waals surface area (Å²) < 4.78 is 41.8. The van der Waals surface area contributed by atoms with Crippen molar-refractivity contribution in [2.24, 2.45) is 0 Å². The zero-order valence-corrected chi connectivity index (χ0v) is 18.0. The summed E-state index contributed by atoms with van der Waals surface area (Å²) in [6.45, 7) is 5.45. The minimum absolute atomic E-state index is 0.354. The number of allylic oxidation sites excluding steroid dienone is 8. The van der Waals surface area contributed by atoms with Gasteiger partial charge >= 0.3 is 140 Å². The average Bonchev–Trinajstić information content (AvgIpc) is 3.16. The van der Waals surface area contributed by atoms with Crippen molar-refractivity contribution in [3.05, 3.63) is 42.5 Å². The van der Waals surface area contributed by atoms with Crippen LogP contribution in [0.1, 0.15) is 52.4 Å². The van der Waals surface area contributed by atoms with Gasteiger partial charge in [0.25, 0.3) is 0 Å². The number of hydrogen-bond acceptors (Lipinski definition) is 0. The van der Waals surface area contributed by atoms with Crippen LogP contribution in [0.15, 0.2) is 42.5 Å². The van der Waals surface area contributed by atoms with Crippen LogP contribution < -0.4 is 0 Å². The van der Waals surface area contributed by atoms with Gasteiger partial charge in [0.15, 0.2) is 0 Å². The Labute approximate surface area is 140 Å². The SMILES string of the molecule is CCC[CH2][Zr](=[SiH2])([C]1=CC=CC1)([C]1=CC(CCC)=CC1)[C](F)(F)F. The fraction of sp³-hybridized carbons (Fsp3) is 0.556. The van der Waals surface area contributed by atoms with Gasteiger partial charge in [-0.1, -0.05) is 0 Å². The van der Waals surface area contributed by atoms with Gasteiger partial charge in [-0.3, -0.25) is 0 Å². The Morgan fingerprint density at radius 2 is 1.87 bits per heavy atom. The first-order chi connectivity index (χ1) is 10.8. The number of halogens is 3. The number of unbranched alkanes of at least 4 members (excludes halogenated alkanes) is 1. The van der Waals surface area contributed by atoms with Crippen LogP contribution in [0, 0.1) is 0 Å². The van der Waals surface area contributed by atoms with E-state index in [9.17, 15) is 13.2 Å². The second-order valence-corrected chi connectivity index (χ2v) is 30.3. The van der Waals surface area contributed by atoms with Gasteiger partial charge in [-0.15, -0.1) is 0 Å². The van der Waals surface area contributed by atoms with Crippen LogP contribution >= 0.6 is 0 Å². The second-order valence-electron chi connectivity index (χ2n) is 7.01. The van der Waals surface area contributed by atoms with Gasteiger partial charge < -0.3 is 0 Å². The van der Waals surface area contributed by atoms with Gasteiger partial charge in [-0.05, 0) is 0 Å². The van der Waals surface area contributed by atoms with Crippen LogP contribution in [-0.4, -0.2) is 10.8 Å². The van der Waals surface area contributed by atoms with Crippen LogP contribution in [0.25, 0.3) is 0 Å². The third-order valence-electron chi connectivity index (χ3n) is 5.57. The van der Waals surface area contributed by atoms with Gasteiger partial charge in [-0.2, -0.15) is 0 Å². The van der Waals surface area contributed by atoms with Crippen molar-refractivity contribution in [3.63, 3.8) is 0 Å². The molecule has 2 aliphatic rings. The molecule has 2 aliphatic carbocycles. The predicted octanol–water partition coefficient (Wildman–Crippen LogP) is 5.82. The summed E-state index contributed by atoms with van der Waals surface area (Å²) in [6, 6.07) is 0. The zero-order chi connectivity index (χ0) is 17.2. The molecule has 0 heterocycles. The van der Waals surface area contributed by atoms with Crippen LogP contribution in [0.2, 0.25) is 4.13 Å².